The van der Waals surface area contributed by atoms with Gasteiger partial charge in [-0.15, -0.1) is 0 Å². The maximum Gasteiger partial charge on any atom is 0.223 e. The van der Waals surface area contributed by atoms with Gasteiger partial charge in [-0.1, -0.05) is 30.3 Å². The summed E-state index contributed by atoms with van der Waals surface area (Å²) in [4.78, 5) is 25.0. The molecule has 6 heteroatoms. The molecule has 5 rings (SSSR count). The molecule has 0 radical (unpaired) electrons. The van der Waals surface area contributed by atoms with Gasteiger partial charge in [0.2, 0.25) is 5.91 Å². The zero-order valence-electron chi connectivity index (χ0n) is 17.3. The Morgan fingerprint density at radius 3 is 2.63 bits per heavy atom. The number of para-hydroxylation sites is 3. The largest absolute Gasteiger partial charge is 0.350 e. The number of hydrogen-bond acceptors (Lipinski definition) is 3. The van der Waals surface area contributed by atoms with Crippen LogP contribution in [0.15, 0.2) is 54.7 Å². The molecule has 0 atom stereocenters. The number of imidazole rings is 1. The molecule has 4 aromatic rings. The molecule has 1 fully saturated rings. The number of carbonyl (C=O) groups is 1. The van der Waals surface area contributed by atoms with E-state index in [9.17, 15) is 4.79 Å². The van der Waals surface area contributed by atoms with Crippen LogP contribution in [0.25, 0.3) is 21.9 Å². The highest BCUT2D eigenvalue weighted by molar-refractivity contribution is 5.83. The fourth-order valence-corrected chi connectivity index (χ4v) is 4.46. The minimum Gasteiger partial charge on any atom is -0.350 e. The molecule has 1 aliphatic rings. The zero-order valence-corrected chi connectivity index (χ0v) is 17.3. The summed E-state index contributed by atoms with van der Waals surface area (Å²) in [6, 6.07) is 16.5. The summed E-state index contributed by atoms with van der Waals surface area (Å²) in [6.45, 7) is 4.36. The molecule has 0 spiro atoms. The lowest BCUT2D eigenvalue weighted by atomic mass is 10.1. The van der Waals surface area contributed by atoms with E-state index >= 15 is 0 Å². The lowest BCUT2D eigenvalue weighted by Gasteiger charge is -2.34. The van der Waals surface area contributed by atoms with Crippen LogP contribution in [0.4, 0.5) is 0 Å². The van der Waals surface area contributed by atoms with E-state index in [1.807, 2.05) is 29.2 Å². The number of hydrogen-bond donors (Lipinski definition) is 1. The molecule has 0 bridgehead atoms. The van der Waals surface area contributed by atoms with Crippen molar-refractivity contribution in [2.24, 2.45) is 7.05 Å². The first-order valence-corrected chi connectivity index (χ1v) is 10.6. The summed E-state index contributed by atoms with van der Waals surface area (Å²) in [5.74, 6) is 1.11. The van der Waals surface area contributed by atoms with Crippen LogP contribution in [0, 0.1) is 0 Å². The normalized spacial score (nSPS) is 15.3. The predicted octanol–water partition coefficient (Wildman–Crippen LogP) is 3.33. The SMILES string of the molecule is Cn1cc(CN2CCN(C(=O)CCc3nc4ccccc4[nH]3)CC2)c2ccccc21. The Balaban J connectivity index is 1.15. The summed E-state index contributed by atoms with van der Waals surface area (Å²) in [5.41, 5.74) is 4.62. The van der Waals surface area contributed by atoms with Gasteiger partial charge in [-0.3, -0.25) is 9.69 Å². The Morgan fingerprint density at radius 2 is 1.80 bits per heavy atom. The Labute approximate surface area is 176 Å². The van der Waals surface area contributed by atoms with Gasteiger partial charge in [0.1, 0.15) is 5.82 Å². The second-order valence-corrected chi connectivity index (χ2v) is 8.14. The molecule has 3 heterocycles. The number of H-pyrrole nitrogens is 1. The van der Waals surface area contributed by atoms with Crippen LogP contribution in [0.3, 0.4) is 0 Å². The Kier molecular flexibility index (Phi) is 5.01. The molecule has 1 saturated heterocycles. The van der Waals surface area contributed by atoms with Gasteiger partial charge in [0.25, 0.3) is 0 Å². The number of aromatic nitrogens is 3. The van der Waals surface area contributed by atoms with E-state index in [0.717, 1.165) is 49.6 Å². The highest BCUT2D eigenvalue weighted by atomic mass is 16.2. The van der Waals surface area contributed by atoms with Crippen molar-refractivity contribution in [3.05, 3.63) is 66.1 Å². The van der Waals surface area contributed by atoms with Crippen LogP contribution < -0.4 is 0 Å². The summed E-state index contributed by atoms with van der Waals surface area (Å²) >= 11 is 0. The second kappa shape index (κ2) is 7.95. The quantitative estimate of drug-likeness (QED) is 0.558. The fourth-order valence-electron chi connectivity index (χ4n) is 4.46. The summed E-state index contributed by atoms with van der Waals surface area (Å²) in [6.07, 6.45) is 3.39. The molecular formula is C24H27N5O. The van der Waals surface area contributed by atoms with Crippen LogP contribution >= 0.6 is 0 Å². The van der Waals surface area contributed by atoms with Crippen molar-refractivity contribution in [1.29, 1.82) is 0 Å². The third kappa shape index (κ3) is 3.71. The Hall–Kier alpha value is -3.12. The van der Waals surface area contributed by atoms with Gasteiger partial charge in [-0.25, -0.2) is 4.98 Å². The average Bonchev–Trinajstić information content (AvgIpc) is 3.33. The van der Waals surface area contributed by atoms with Crippen molar-refractivity contribution in [1.82, 2.24) is 24.3 Å². The van der Waals surface area contributed by atoms with Crippen LogP contribution in [-0.4, -0.2) is 56.4 Å². The highest BCUT2D eigenvalue weighted by Gasteiger charge is 2.22. The molecule has 1 aliphatic heterocycles. The molecule has 0 saturated carbocycles. The predicted molar refractivity (Wildman–Crippen MR) is 119 cm³/mol. The summed E-state index contributed by atoms with van der Waals surface area (Å²) < 4.78 is 2.20. The molecule has 154 valence electrons. The first-order chi connectivity index (χ1) is 14.7. The van der Waals surface area contributed by atoms with Gasteiger partial charge in [0.05, 0.1) is 11.0 Å². The topological polar surface area (TPSA) is 57.2 Å². The van der Waals surface area contributed by atoms with Crippen molar-refractivity contribution in [2.75, 3.05) is 26.2 Å². The van der Waals surface area contributed by atoms with E-state index in [1.165, 1.54) is 16.5 Å². The van der Waals surface area contributed by atoms with E-state index < -0.39 is 0 Å². The third-order valence-corrected chi connectivity index (χ3v) is 6.11. The van der Waals surface area contributed by atoms with Crippen molar-refractivity contribution < 1.29 is 4.79 Å². The maximum absolute atomic E-state index is 12.7. The molecule has 1 N–H and O–H groups in total. The molecule has 6 nitrogen and oxygen atoms in total. The maximum atomic E-state index is 12.7. The monoisotopic (exact) mass is 401 g/mol. The number of piperazine rings is 1. The van der Waals surface area contributed by atoms with E-state index in [0.29, 0.717) is 12.8 Å². The number of rotatable bonds is 5. The first kappa shape index (κ1) is 18.9. The van der Waals surface area contributed by atoms with Crippen molar-refractivity contribution in [3.8, 4) is 0 Å². The van der Waals surface area contributed by atoms with E-state index in [2.05, 4.69) is 56.9 Å². The second-order valence-electron chi connectivity index (χ2n) is 8.14. The molecular weight excluding hydrogens is 374 g/mol. The van der Waals surface area contributed by atoms with Gasteiger partial charge in [-0.05, 0) is 23.8 Å². The number of carbonyl (C=O) groups excluding carboxylic acids is 1. The van der Waals surface area contributed by atoms with E-state index in [1.54, 1.807) is 0 Å². The number of nitrogens with zero attached hydrogens (tertiary/aromatic N) is 4. The minimum absolute atomic E-state index is 0.222. The van der Waals surface area contributed by atoms with Gasteiger partial charge >= 0.3 is 0 Å². The summed E-state index contributed by atoms with van der Waals surface area (Å²) in [7, 11) is 2.10. The van der Waals surface area contributed by atoms with E-state index in [4.69, 9.17) is 0 Å². The smallest absolute Gasteiger partial charge is 0.223 e. The van der Waals surface area contributed by atoms with Gasteiger partial charge < -0.3 is 14.5 Å². The van der Waals surface area contributed by atoms with Crippen LogP contribution in [0.1, 0.15) is 17.8 Å². The number of aromatic amines is 1. The standard InChI is InChI=1S/C24H27N5O/c1-27-16-18(19-6-2-5-9-22(19)27)17-28-12-14-29(15-13-28)24(30)11-10-23-25-20-7-3-4-8-21(20)26-23/h2-9,16H,10-15,17H2,1H3,(H,25,26). The van der Waals surface area contributed by atoms with Gasteiger partial charge in [-0.2, -0.15) is 0 Å². The zero-order chi connectivity index (χ0) is 20.5. The Bertz CT molecular complexity index is 1150. The third-order valence-electron chi connectivity index (χ3n) is 6.11. The average molecular weight is 402 g/mol. The van der Waals surface area contributed by atoms with E-state index in [-0.39, 0.29) is 5.91 Å². The number of amides is 1. The van der Waals surface area contributed by atoms with Crippen molar-refractivity contribution >= 4 is 27.8 Å². The highest BCUT2D eigenvalue weighted by Crippen LogP contribution is 2.22. The molecule has 30 heavy (non-hydrogen) atoms. The molecule has 0 unspecified atom stereocenters. The minimum atomic E-state index is 0.222. The van der Waals surface area contributed by atoms with Gasteiger partial charge in [0, 0.05) is 69.7 Å². The number of fused-ring (bicyclic) bond motifs is 2. The lowest BCUT2D eigenvalue weighted by Crippen LogP contribution is -2.48. The molecule has 1 amide bonds. The fraction of sp³-hybridized carbons (Fsp3) is 0.333. The van der Waals surface area contributed by atoms with Crippen molar-refractivity contribution in [2.45, 2.75) is 19.4 Å². The van der Waals surface area contributed by atoms with Crippen LogP contribution in [0.5, 0.6) is 0 Å². The number of aryl methyl sites for hydroxylation is 2. The number of nitrogens with one attached hydrogen (secondary N) is 1. The number of benzene rings is 2. The molecule has 2 aromatic carbocycles. The Morgan fingerprint density at radius 1 is 1.03 bits per heavy atom. The van der Waals surface area contributed by atoms with Crippen LogP contribution in [0.2, 0.25) is 0 Å². The molecule has 0 aliphatic carbocycles. The lowest BCUT2D eigenvalue weighted by molar-refractivity contribution is -0.133. The summed E-state index contributed by atoms with van der Waals surface area (Å²) in [5, 5.41) is 1.32. The van der Waals surface area contributed by atoms with Gasteiger partial charge in [0.15, 0.2) is 0 Å². The molecule has 2 aromatic heterocycles. The van der Waals surface area contributed by atoms with Crippen molar-refractivity contribution in [3.63, 3.8) is 0 Å². The first-order valence-electron chi connectivity index (χ1n) is 10.6. The van der Waals surface area contributed by atoms with Crippen LogP contribution in [-0.2, 0) is 24.8 Å².